The van der Waals surface area contributed by atoms with Crippen molar-refractivity contribution in [2.24, 2.45) is 17.8 Å². The van der Waals surface area contributed by atoms with Crippen LogP contribution in [0.15, 0.2) is 55.0 Å². The normalized spacial score (nSPS) is 23.4. The van der Waals surface area contributed by atoms with E-state index >= 15 is 0 Å². The lowest BCUT2D eigenvalue weighted by Crippen LogP contribution is -2.55. The fraction of sp³-hybridized carbons (Fsp3) is 0.509. The number of thiazole rings is 1. The van der Waals surface area contributed by atoms with E-state index in [0.29, 0.717) is 37.7 Å². The molecule has 1 saturated carbocycles. The smallest absolute Gasteiger partial charge is 0.407 e. The summed E-state index contributed by atoms with van der Waals surface area (Å²) in [6.45, 7) is 13.2. The number of alkyl carbamates (subject to hydrolysis) is 2. The predicted octanol–water partition coefficient (Wildman–Crippen LogP) is 9.38. The number of fused-ring (bicyclic) bond motifs is 6. The van der Waals surface area contributed by atoms with Crippen molar-refractivity contribution < 1.29 is 38.1 Å². The second kappa shape index (κ2) is 19.5. The average molecular weight is 1030 g/mol. The molecule has 390 valence electrons. The maximum atomic E-state index is 14.7. The third kappa shape index (κ3) is 9.08. The standard InChI is InChI=1S/C55H66N10O8S/c1-9-11-44-56-27-43(74-44)52-65-37-14-13-30(35-25-58-49(59-35)41-22-34-20-39(34)64(41)51(67)47(62-54(69)71-8)31-15-17-72-55(5,6)24-31)19-33(37)21-40(65)45-29(4)18-32(23-42(45)73-52)36-26-57-48(60-36)38-12-10-16-63(38)50(66)46(28(2)3)61-53(68)70-7/h13-14,18-19,21,23,25-28,31,34,38-39,41,46-47,52H,9-12,15-17,20,22,24H2,1-8H3,(H,57,60)(H,58,59)(H,61,68)(H,62,69)/t31?,34-,38+,39-,41+,46+,47?,52?/m1/s1. The largest absolute Gasteiger partial charge is 0.464 e. The molecule has 0 radical (unpaired) electrons. The van der Waals surface area contributed by atoms with Crippen LogP contribution < -0.4 is 15.4 Å². The number of likely N-dealkylation sites (tertiary alicyclic amines) is 2. The number of ether oxygens (including phenoxy) is 4. The monoisotopic (exact) mass is 1030 g/mol. The summed E-state index contributed by atoms with van der Waals surface area (Å²) in [6.07, 6.45) is 10.4. The van der Waals surface area contributed by atoms with E-state index in [4.69, 9.17) is 33.9 Å². The SMILES string of the molecule is CCCc1ncc(C2Oc3cc(-c4cnc([C@@H]5CCCN5C(=O)[C@@H](NC(=O)OC)C(C)C)[nH]4)cc(C)c3-c3cc4cc(-c5cnc([C@@H]6C[C@H]7C[C@H]7N6C(=O)C(NC(=O)OC)C6CCOC(C)(C)C6)[nH]5)ccc4n32)s1. The third-order valence-electron chi connectivity index (χ3n) is 15.8. The first-order valence-corrected chi connectivity index (χ1v) is 26.9. The number of methoxy groups -OCH3 is 2. The molecule has 4 aliphatic heterocycles. The van der Waals surface area contributed by atoms with Crippen LogP contribution >= 0.6 is 11.3 Å². The van der Waals surface area contributed by atoms with Gasteiger partial charge >= 0.3 is 12.2 Å². The second-order valence-corrected chi connectivity index (χ2v) is 22.8. The molecule has 1 aliphatic carbocycles. The molecule has 8 atom stereocenters. The van der Waals surface area contributed by atoms with Crippen molar-refractivity contribution in [2.75, 3.05) is 27.4 Å². The zero-order chi connectivity index (χ0) is 51.7. The van der Waals surface area contributed by atoms with Gasteiger partial charge < -0.3 is 49.3 Å². The van der Waals surface area contributed by atoms with Crippen LogP contribution in [0.1, 0.15) is 125 Å². The fourth-order valence-corrected chi connectivity index (χ4v) is 13.2. The van der Waals surface area contributed by atoms with Crippen LogP contribution in [-0.2, 0) is 30.2 Å². The van der Waals surface area contributed by atoms with E-state index in [0.717, 1.165) is 110 Å². The van der Waals surface area contributed by atoms with Crippen LogP contribution in [0.5, 0.6) is 5.75 Å². The summed E-state index contributed by atoms with van der Waals surface area (Å²) in [5.74, 6) is 2.05. The predicted molar refractivity (Wildman–Crippen MR) is 278 cm³/mol. The van der Waals surface area contributed by atoms with Gasteiger partial charge in [-0.25, -0.2) is 24.5 Å². The Morgan fingerprint density at radius 1 is 0.892 bits per heavy atom. The third-order valence-corrected chi connectivity index (χ3v) is 16.9. The van der Waals surface area contributed by atoms with Gasteiger partial charge in [-0.3, -0.25) is 14.2 Å². The first-order valence-electron chi connectivity index (χ1n) is 26.1. The minimum absolute atomic E-state index is 0.0974. The molecule has 3 saturated heterocycles. The number of nitrogens with zero attached hydrogens (tertiary/aromatic N) is 6. The molecule has 4 fully saturated rings. The van der Waals surface area contributed by atoms with E-state index in [9.17, 15) is 19.2 Å². The Kier molecular flexibility index (Phi) is 13.1. The molecule has 5 aliphatic rings. The summed E-state index contributed by atoms with van der Waals surface area (Å²) >= 11 is 1.67. The number of imidazole rings is 2. The van der Waals surface area contributed by atoms with Crippen LogP contribution in [0.3, 0.4) is 0 Å². The number of carbonyl (C=O) groups excluding carboxylic acids is 4. The Morgan fingerprint density at radius 3 is 2.36 bits per heavy atom. The van der Waals surface area contributed by atoms with Gasteiger partial charge in [0.05, 0.1) is 76.8 Å². The Bertz CT molecular complexity index is 3140. The van der Waals surface area contributed by atoms with Gasteiger partial charge in [-0.15, -0.1) is 11.3 Å². The molecule has 0 bridgehead atoms. The summed E-state index contributed by atoms with van der Waals surface area (Å²) in [5, 5.41) is 7.74. The molecule has 4 aromatic heterocycles. The van der Waals surface area contributed by atoms with E-state index in [-0.39, 0.29) is 41.8 Å². The van der Waals surface area contributed by atoms with E-state index in [1.165, 1.54) is 14.2 Å². The lowest BCUT2D eigenvalue weighted by molar-refractivity contribution is -0.140. The minimum Gasteiger partial charge on any atom is -0.464 e. The number of carbonyl (C=O) groups is 4. The lowest BCUT2D eigenvalue weighted by Gasteiger charge is -2.40. The summed E-state index contributed by atoms with van der Waals surface area (Å²) < 4.78 is 25.2. The van der Waals surface area contributed by atoms with E-state index in [1.54, 1.807) is 11.3 Å². The summed E-state index contributed by atoms with van der Waals surface area (Å²) in [4.78, 5) is 80.0. The highest BCUT2D eigenvalue weighted by Gasteiger charge is 2.57. The van der Waals surface area contributed by atoms with Crippen molar-refractivity contribution in [3.63, 3.8) is 0 Å². The summed E-state index contributed by atoms with van der Waals surface area (Å²) in [7, 11) is 2.62. The molecule has 18 nitrogen and oxygen atoms in total. The Labute approximate surface area is 434 Å². The minimum atomic E-state index is -0.741. The van der Waals surface area contributed by atoms with Crippen molar-refractivity contribution in [2.45, 2.75) is 135 Å². The molecule has 4 N–H and O–H groups in total. The van der Waals surface area contributed by atoms with Gasteiger partial charge in [-0.05, 0) is 126 Å². The average Bonchev–Trinajstić information content (AvgIpc) is 4.15. The molecule has 3 unspecified atom stereocenters. The highest BCUT2D eigenvalue weighted by Crippen LogP contribution is 2.54. The molecule has 74 heavy (non-hydrogen) atoms. The number of amides is 4. The molecule has 0 spiro atoms. The first kappa shape index (κ1) is 49.5. The quantitative estimate of drug-likeness (QED) is 0.0856. The zero-order valence-electron chi connectivity index (χ0n) is 43.3. The van der Waals surface area contributed by atoms with Crippen LogP contribution in [0.2, 0.25) is 0 Å². The maximum absolute atomic E-state index is 14.7. The Hall–Kier alpha value is -6.73. The van der Waals surface area contributed by atoms with Gasteiger partial charge in [0.25, 0.3) is 0 Å². The molecular weight excluding hydrogens is 961 g/mol. The van der Waals surface area contributed by atoms with Crippen molar-refractivity contribution in [3.8, 4) is 39.5 Å². The number of aromatic amines is 2. The number of H-pyrrole nitrogens is 2. The highest BCUT2D eigenvalue weighted by molar-refractivity contribution is 7.11. The van der Waals surface area contributed by atoms with Crippen LogP contribution in [0, 0.1) is 24.7 Å². The lowest BCUT2D eigenvalue weighted by atomic mass is 9.82. The van der Waals surface area contributed by atoms with Crippen LogP contribution in [-0.4, -0.2) is 114 Å². The number of piperidine rings is 1. The zero-order valence-corrected chi connectivity index (χ0v) is 44.1. The summed E-state index contributed by atoms with van der Waals surface area (Å²) in [6, 6.07) is 11.0. The molecule has 6 aromatic rings. The highest BCUT2D eigenvalue weighted by atomic mass is 32.1. The maximum Gasteiger partial charge on any atom is 0.407 e. The number of nitrogens with one attached hydrogen (secondary N) is 4. The van der Waals surface area contributed by atoms with E-state index in [2.05, 4.69) is 75.4 Å². The molecule has 8 heterocycles. The van der Waals surface area contributed by atoms with Gasteiger partial charge in [0.2, 0.25) is 18.0 Å². The van der Waals surface area contributed by atoms with Gasteiger partial charge in [0.15, 0.2) is 0 Å². The van der Waals surface area contributed by atoms with Crippen molar-refractivity contribution in [1.29, 1.82) is 0 Å². The first-order chi connectivity index (χ1) is 35.6. The van der Waals surface area contributed by atoms with Crippen LogP contribution in [0.4, 0.5) is 9.59 Å². The number of aromatic nitrogens is 6. The number of aryl methyl sites for hydroxylation is 2. The molecule has 11 rings (SSSR count). The van der Waals surface area contributed by atoms with Gasteiger partial charge in [0.1, 0.15) is 29.5 Å². The molecule has 2 aromatic carbocycles. The van der Waals surface area contributed by atoms with E-state index < -0.39 is 36.1 Å². The molecule has 4 amide bonds. The molecule has 19 heteroatoms. The number of rotatable bonds is 13. The van der Waals surface area contributed by atoms with Crippen molar-refractivity contribution >= 4 is 46.2 Å². The Balaban J connectivity index is 0.898. The van der Waals surface area contributed by atoms with Gasteiger partial charge in [0, 0.05) is 47.5 Å². The Morgan fingerprint density at radius 2 is 1.64 bits per heavy atom. The number of hydrogen-bond acceptors (Lipinski definition) is 12. The fourth-order valence-electron chi connectivity index (χ4n) is 12.1. The number of benzene rings is 2. The topological polar surface area (TPSA) is 211 Å². The van der Waals surface area contributed by atoms with Gasteiger partial charge in [-0.2, -0.15) is 0 Å². The second-order valence-electron chi connectivity index (χ2n) is 21.7. The molecular formula is C55H66N10O8S. The van der Waals surface area contributed by atoms with Crippen molar-refractivity contribution in [3.05, 3.63) is 82.1 Å². The van der Waals surface area contributed by atoms with Gasteiger partial charge in [-0.1, -0.05) is 26.8 Å². The number of hydrogen-bond donors (Lipinski definition) is 4. The van der Waals surface area contributed by atoms with Crippen LogP contribution in [0.25, 0.3) is 44.7 Å². The van der Waals surface area contributed by atoms with Crippen molar-refractivity contribution in [1.82, 2.24) is 49.9 Å². The van der Waals surface area contributed by atoms with E-state index in [1.807, 2.05) is 56.1 Å². The summed E-state index contributed by atoms with van der Waals surface area (Å²) in [5.41, 5.74) is 7.15.